The van der Waals surface area contributed by atoms with Crippen LogP contribution in [0.2, 0.25) is 0 Å². The maximum Gasteiger partial charge on any atom is 0.180 e. The molecule has 1 aromatic carbocycles. The van der Waals surface area contributed by atoms with Crippen molar-refractivity contribution < 1.29 is 4.42 Å². The fraction of sp³-hybridized carbons (Fsp3) is 0.182. The molecule has 2 aromatic rings. The highest BCUT2D eigenvalue weighted by atomic mass is 79.9. The Morgan fingerprint density at radius 1 is 1.47 bits per heavy atom. The number of aromatic nitrogens is 1. The number of oxazole rings is 1. The Morgan fingerprint density at radius 2 is 2.33 bits per heavy atom. The van der Waals surface area contributed by atoms with Gasteiger partial charge in [-0.15, -0.1) is 0 Å². The minimum Gasteiger partial charge on any atom is -0.447 e. The van der Waals surface area contributed by atoms with E-state index in [0.717, 1.165) is 15.9 Å². The van der Waals surface area contributed by atoms with Crippen LogP contribution in [-0.2, 0) is 6.54 Å². The summed E-state index contributed by atoms with van der Waals surface area (Å²) in [5.74, 6) is 0.823. The number of halogens is 1. The zero-order valence-electron chi connectivity index (χ0n) is 8.33. The zero-order valence-corrected chi connectivity index (χ0v) is 9.91. The molecule has 0 bridgehead atoms. The van der Waals surface area contributed by atoms with E-state index >= 15 is 0 Å². The van der Waals surface area contributed by atoms with Crippen molar-refractivity contribution in [1.82, 2.24) is 4.98 Å². The van der Waals surface area contributed by atoms with Crippen LogP contribution in [0, 0.1) is 6.92 Å². The van der Waals surface area contributed by atoms with Gasteiger partial charge >= 0.3 is 0 Å². The van der Waals surface area contributed by atoms with Crippen molar-refractivity contribution in [2.45, 2.75) is 13.5 Å². The summed E-state index contributed by atoms with van der Waals surface area (Å²) in [7, 11) is 0. The highest BCUT2D eigenvalue weighted by molar-refractivity contribution is 9.10. The highest BCUT2D eigenvalue weighted by Crippen LogP contribution is 2.25. The van der Waals surface area contributed by atoms with Gasteiger partial charge in [0.25, 0.3) is 0 Å². The molecule has 4 heteroatoms. The van der Waals surface area contributed by atoms with Gasteiger partial charge in [-0.2, -0.15) is 0 Å². The van der Waals surface area contributed by atoms with Crippen molar-refractivity contribution in [3.8, 4) is 0 Å². The van der Waals surface area contributed by atoms with Gasteiger partial charge in [-0.05, 0) is 34.5 Å². The van der Waals surface area contributed by atoms with E-state index in [4.69, 9.17) is 4.42 Å². The first kappa shape index (κ1) is 10.2. The van der Waals surface area contributed by atoms with Gasteiger partial charge in [0.1, 0.15) is 5.76 Å². The average molecular weight is 267 g/mol. The Hall–Kier alpha value is -1.29. The molecule has 0 aliphatic rings. The second-order valence-electron chi connectivity index (χ2n) is 3.26. The third-order valence-corrected chi connectivity index (χ3v) is 3.18. The molecular weight excluding hydrogens is 256 g/mol. The van der Waals surface area contributed by atoms with Crippen LogP contribution in [0.3, 0.4) is 0 Å². The third-order valence-electron chi connectivity index (χ3n) is 2.13. The smallest absolute Gasteiger partial charge is 0.180 e. The summed E-state index contributed by atoms with van der Waals surface area (Å²) in [6.07, 6.45) is 3.14. The van der Waals surface area contributed by atoms with Gasteiger partial charge in [0.15, 0.2) is 6.39 Å². The number of rotatable bonds is 3. The average Bonchev–Trinajstić information content (AvgIpc) is 2.73. The Kier molecular flexibility index (Phi) is 3.06. The third kappa shape index (κ3) is 2.39. The summed E-state index contributed by atoms with van der Waals surface area (Å²) in [4.78, 5) is 3.86. The molecule has 0 fully saturated rings. The Balaban J connectivity index is 2.08. The molecule has 78 valence electrons. The highest BCUT2D eigenvalue weighted by Gasteiger charge is 2.02. The lowest BCUT2D eigenvalue weighted by Gasteiger charge is -2.08. The fourth-order valence-electron chi connectivity index (χ4n) is 1.30. The summed E-state index contributed by atoms with van der Waals surface area (Å²) in [5.41, 5.74) is 2.27. The van der Waals surface area contributed by atoms with Crippen molar-refractivity contribution >= 4 is 21.6 Å². The number of hydrogen-bond acceptors (Lipinski definition) is 3. The predicted molar refractivity (Wildman–Crippen MR) is 62.7 cm³/mol. The summed E-state index contributed by atoms with van der Waals surface area (Å²) < 4.78 is 6.22. The number of aryl methyl sites for hydroxylation is 1. The van der Waals surface area contributed by atoms with Gasteiger partial charge in [-0.25, -0.2) is 4.98 Å². The molecule has 3 nitrogen and oxygen atoms in total. The van der Waals surface area contributed by atoms with Gasteiger partial charge in [-0.1, -0.05) is 12.1 Å². The summed E-state index contributed by atoms with van der Waals surface area (Å²) in [6.45, 7) is 2.70. The van der Waals surface area contributed by atoms with Crippen LogP contribution >= 0.6 is 15.9 Å². The van der Waals surface area contributed by atoms with Crippen LogP contribution in [0.15, 0.2) is 39.7 Å². The lowest BCUT2D eigenvalue weighted by atomic mass is 10.2. The molecule has 0 saturated heterocycles. The minimum atomic E-state index is 0.641. The molecule has 0 aliphatic carbocycles. The van der Waals surface area contributed by atoms with Gasteiger partial charge < -0.3 is 9.73 Å². The molecule has 1 N–H and O–H groups in total. The standard InChI is InChI=1S/C11H11BrN2O/c1-8-3-2-4-10(11(8)12)14-6-9-5-13-7-15-9/h2-5,7,14H,6H2,1H3. The van der Waals surface area contributed by atoms with E-state index in [2.05, 4.69) is 39.2 Å². The number of anilines is 1. The SMILES string of the molecule is Cc1cccc(NCc2cnco2)c1Br. The monoisotopic (exact) mass is 266 g/mol. The second kappa shape index (κ2) is 4.49. The zero-order chi connectivity index (χ0) is 10.7. The van der Waals surface area contributed by atoms with Gasteiger partial charge in [-0.3, -0.25) is 0 Å². The Bertz CT molecular complexity index is 440. The molecule has 0 atom stereocenters. The summed E-state index contributed by atoms with van der Waals surface area (Å²) in [6, 6.07) is 6.10. The van der Waals surface area contributed by atoms with E-state index in [-0.39, 0.29) is 0 Å². The number of hydrogen-bond donors (Lipinski definition) is 1. The molecule has 0 spiro atoms. The van der Waals surface area contributed by atoms with E-state index < -0.39 is 0 Å². The van der Waals surface area contributed by atoms with E-state index in [1.165, 1.54) is 12.0 Å². The second-order valence-corrected chi connectivity index (χ2v) is 4.05. The maximum absolute atomic E-state index is 5.14. The van der Waals surface area contributed by atoms with E-state index in [1.807, 2.05) is 12.1 Å². The molecule has 1 aromatic heterocycles. The van der Waals surface area contributed by atoms with Crippen LogP contribution in [0.25, 0.3) is 0 Å². The lowest BCUT2D eigenvalue weighted by molar-refractivity contribution is 0.511. The summed E-state index contributed by atoms with van der Waals surface area (Å²) >= 11 is 3.54. The maximum atomic E-state index is 5.14. The molecule has 0 amide bonds. The van der Waals surface area contributed by atoms with Crippen LogP contribution < -0.4 is 5.32 Å². The molecule has 0 unspecified atom stereocenters. The normalized spacial score (nSPS) is 10.3. The first-order valence-electron chi connectivity index (χ1n) is 4.64. The van der Waals surface area contributed by atoms with Crippen molar-refractivity contribution in [3.63, 3.8) is 0 Å². The largest absolute Gasteiger partial charge is 0.447 e. The molecule has 0 saturated carbocycles. The van der Waals surface area contributed by atoms with Gasteiger partial charge in [0.05, 0.1) is 12.7 Å². The van der Waals surface area contributed by atoms with Crippen LogP contribution in [0.4, 0.5) is 5.69 Å². The molecule has 15 heavy (non-hydrogen) atoms. The molecule has 0 aliphatic heterocycles. The minimum absolute atomic E-state index is 0.641. The van der Waals surface area contributed by atoms with E-state index in [1.54, 1.807) is 6.20 Å². The van der Waals surface area contributed by atoms with Crippen molar-refractivity contribution in [3.05, 3.63) is 46.6 Å². The van der Waals surface area contributed by atoms with Crippen molar-refractivity contribution in [2.75, 3.05) is 5.32 Å². The van der Waals surface area contributed by atoms with Crippen LogP contribution in [0.1, 0.15) is 11.3 Å². The van der Waals surface area contributed by atoms with Gasteiger partial charge in [0.2, 0.25) is 0 Å². The fourth-order valence-corrected chi connectivity index (χ4v) is 1.70. The number of benzene rings is 1. The number of nitrogens with one attached hydrogen (secondary N) is 1. The lowest BCUT2D eigenvalue weighted by Crippen LogP contribution is -1.99. The van der Waals surface area contributed by atoms with Gasteiger partial charge in [0, 0.05) is 10.2 Å². The Morgan fingerprint density at radius 3 is 3.07 bits per heavy atom. The first-order chi connectivity index (χ1) is 7.27. The van der Waals surface area contributed by atoms with E-state index in [0.29, 0.717) is 6.54 Å². The summed E-state index contributed by atoms with van der Waals surface area (Å²) in [5, 5.41) is 3.28. The molecule has 2 rings (SSSR count). The van der Waals surface area contributed by atoms with Crippen molar-refractivity contribution in [1.29, 1.82) is 0 Å². The molecule has 1 heterocycles. The first-order valence-corrected chi connectivity index (χ1v) is 5.43. The molecular formula is C11H11BrN2O. The topological polar surface area (TPSA) is 38.1 Å². The van der Waals surface area contributed by atoms with Crippen LogP contribution in [0.5, 0.6) is 0 Å². The quantitative estimate of drug-likeness (QED) is 0.926. The van der Waals surface area contributed by atoms with E-state index in [9.17, 15) is 0 Å². The molecule has 0 radical (unpaired) electrons. The Labute approximate surface area is 96.6 Å². The predicted octanol–water partition coefficient (Wildman–Crippen LogP) is 3.36. The van der Waals surface area contributed by atoms with Crippen LogP contribution in [-0.4, -0.2) is 4.98 Å². The number of nitrogens with zero attached hydrogens (tertiary/aromatic N) is 1. The van der Waals surface area contributed by atoms with Crippen molar-refractivity contribution in [2.24, 2.45) is 0 Å².